The Balaban J connectivity index is 1.55. The predicted molar refractivity (Wildman–Crippen MR) is 125 cm³/mol. The number of unbranched alkanes of at least 4 members (excludes halogenated alkanes) is 1. The number of aryl methyl sites for hydroxylation is 1. The lowest BCUT2D eigenvalue weighted by Crippen LogP contribution is -2.35. The molecule has 0 radical (unpaired) electrons. The van der Waals surface area contributed by atoms with Gasteiger partial charge >= 0.3 is 0 Å². The summed E-state index contributed by atoms with van der Waals surface area (Å²) in [4.78, 5) is 15.6. The number of rotatable bonds is 10. The molecular weight excluding hydrogens is 370 g/mol. The van der Waals surface area contributed by atoms with Crippen LogP contribution in [0.25, 0.3) is 0 Å². The van der Waals surface area contributed by atoms with E-state index in [4.69, 9.17) is 4.74 Å². The van der Waals surface area contributed by atoms with Crippen molar-refractivity contribution in [3.8, 4) is 5.75 Å². The minimum Gasteiger partial charge on any atom is -0.496 e. The minimum atomic E-state index is 0.146. The van der Waals surface area contributed by atoms with Crippen LogP contribution in [-0.4, -0.2) is 37.4 Å². The number of ketones is 1. The number of likely N-dealkylation sites (tertiary alicyclic amines) is 1. The average molecular weight is 408 g/mol. The number of Topliss-reactive ketones (excluding diaryl/α,β-unsaturated/α-hetero) is 1. The maximum Gasteiger partial charge on any atom is 0.166 e. The molecule has 30 heavy (non-hydrogen) atoms. The van der Waals surface area contributed by atoms with Gasteiger partial charge < -0.3 is 4.74 Å². The molecule has 3 rings (SSSR count). The number of carbonyl (C=O) groups excluding carboxylic acids is 1. The largest absolute Gasteiger partial charge is 0.496 e. The third-order valence-corrected chi connectivity index (χ3v) is 6.63. The van der Waals surface area contributed by atoms with Gasteiger partial charge in [-0.3, -0.25) is 9.69 Å². The molecule has 3 nitrogen and oxygen atoms in total. The maximum atomic E-state index is 13.1. The van der Waals surface area contributed by atoms with Gasteiger partial charge in [-0.2, -0.15) is 0 Å². The van der Waals surface area contributed by atoms with Crippen LogP contribution in [0.2, 0.25) is 0 Å². The summed E-state index contributed by atoms with van der Waals surface area (Å²) >= 11 is 0. The number of piperidine rings is 1. The second kappa shape index (κ2) is 10.8. The van der Waals surface area contributed by atoms with Gasteiger partial charge in [0.25, 0.3) is 0 Å². The standard InChI is InChI=1S/C27H37NO2/c1-5-7-9-20(3)19-28-13-11-21(12-14-28)15-24-16-23-18-26(30-4)22(10-8-6-2)17-25(23)27(24)29/h5,7,9,17-18,21,24H,1,3,6,8,10-16,19H2,2,4H3/b9-7-. The molecule has 1 aliphatic heterocycles. The summed E-state index contributed by atoms with van der Waals surface area (Å²) < 4.78 is 5.62. The first-order chi connectivity index (χ1) is 14.5. The minimum absolute atomic E-state index is 0.146. The van der Waals surface area contributed by atoms with E-state index < -0.39 is 0 Å². The van der Waals surface area contributed by atoms with Crippen molar-refractivity contribution in [2.75, 3.05) is 26.7 Å². The maximum absolute atomic E-state index is 13.1. The normalized spacial score (nSPS) is 19.9. The molecule has 1 aliphatic carbocycles. The van der Waals surface area contributed by atoms with Crippen LogP contribution in [0.1, 0.15) is 60.5 Å². The number of methoxy groups -OCH3 is 1. The molecule has 1 unspecified atom stereocenters. The Morgan fingerprint density at radius 1 is 1.30 bits per heavy atom. The third kappa shape index (κ3) is 5.51. The zero-order valence-electron chi connectivity index (χ0n) is 18.8. The van der Waals surface area contributed by atoms with Gasteiger partial charge in [-0.25, -0.2) is 0 Å². The van der Waals surface area contributed by atoms with Crippen molar-refractivity contribution in [2.45, 2.75) is 51.9 Å². The second-order valence-electron chi connectivity index (χ2n) is 8.90. The van der Waals surface area contributed by atoms with Gasteiger partial charge in [0, 0.05) is 18.0 Å². The molecule has 0 spiro atoms. The van der Waals surface area contributed by atoms with Gasteiger partial charge in [0.2, 0.25) is 0 Å². The lowest BCUT2D eigenvalue weighted by molar-refractivity contribution is 0.0900. The van der Waals surface area contributed by atoms with E-state index in [0.717, 1.165) is 68.6 Å². The molecule has 0 N–H and O–H groups in total. The summed E-state index contributed by atoms with van der Waals surface area (Å²) in [6.07, 6.45) is 13.3. The van der Waals surface area contributed by atoms with Crippen LogP contribution in [0.3, 0.4) is 0 Å². The van der Waals surface area contributed by atoms with Crippen molar-refractivity contribution in [3.05, 3.63) is 65.8 Å². The van der Waals surface area contributed by atoms with Gasteiger partial charge in [0.15, 0.2) is 5.78 Å². The summed E-state index contributed by atoms with van der Waals surface area (Å²) in [5.41, 5.74) is 4.45. The van der Waals surface area contributed by atoms with E-state index in [0.29, 0.717) is 11.7 Å². The van der Waals surface area contributed by atoms with Crippen molar-refractivity contribution in [1.29, 1.82) is 0 Å². The van der Waals surface area contributed by atoms with Crippen LogP contribution in [-0.2, 0) is 12.8 Å². The summed E-state index contributed by atoms with van der Waals surface area (Å²) in [7, 11) is 1.74. The average Bonchev–Trinajstić information content (AvgIpc) is 3.05. The van der Waals surface area contributed by atoms with Crippen LogP contribution in [0, 0.1) is 11.8 Å². The molecule has 1 aromatic rings. The molecule has 1 saturated heterocycles. The highest BCUT2D eigenvalue weighted by molar-refractivity contribution is 6.02. The van der Waals surface area contributed by atoms with Gasteiger partial charge in [0.05, 0.1) is 7.11 Å². The smallest absolute Gasteiger partial charge is 0.166 e. The molecule has 1 heterocycles. The first-order valence-electron chi connectivity index (χ1n) is 11.5. The Labute approximate surface area is 182 Å². The SMILES string of the molecule is C=C/C=C\C(=C)CN1CCC(CC2Cc3cc(OC)c(CCCC)cc3C2=O)CC1. The summed E-state index contributed by atoms with van der Waals surface area (Å²) in [5.74, 6) is 2.10. The Bertz CT molecular complexity index is 799. The Morgan fingerprint density at radius 2 is 2.07 bits per heavy atom. The number of allylic oxidation sites excluding steroid dienone is 2. The number of benzene rings is 1. The van der Waals surface area contributed by atoms with Crippen molar-refractivity contribution in [1.82, 2.24) is 4.90 Å². The third-order valence-electron chi connectivity index (χ3n) is 6.63. The van der Waals surface area contributed by atoms with Crippen LogP contribution in [0.15, 0.2) is 49.1 Å². The van der Waals surface area contributed by atoms with Crippen LogP contribution in [0.4, 0.5) is 0 Å². The van der Waals surface area contributed by atoms with E-state index in [1.54, 1.807) is 13.2 Å². The van der Waals surface area contributed by atoms with E-state index in [1.807, 2.05) is 12.2 Å². The van der Waals surface area contributed by atoms with Gasteiger partial charge in [-0.1, -0.05) is 44.7 Å². The Kier molecular flexibility index (Phi) is 8.09. The van der Waals surface area contributed by atoms with Crippen molar-refractivity contribution >= 4 is 5.78 Å². The molecular formula is C27H37NO2. The molecule has 2 aliphatic rings. The topological polar surface area (TPSA) is 29.5 Å². The molecule has 3 heteroatoms. The zero-order valence-corrected chi connectivity index (χ0v) is 18.8. The number of fused-ring (bicyclic) bond motifs is 1. The summed E-state index contributed by atoms with van der Waals surface area (Å²) in [6.45, 7) is 13.1. The fourth-order valence-electron chi connectivity index (χ4n) is 4.91. The van der Waals surface area contributed by atoms with Crippen molar-refractivity contribution < 1.29 is 9.53 Å². The van der Waals surface area contributed by atoms with Gasteiger partial charge in [0.1, 0.15) is 5.75 Å². The molecule has 0 amide bonds. The van der Waals surface area contributed by atoms with E-state index in [-0.39, 0.29) is 5.92 Å². The highest BCUT2D eigenvalue weighted by atomic mass is 16.5. The molecule has 1 aromatic carbocycles. The predicted octanol–water partition coefficient (Wildman–Crippen LogP) is 5.79. The highest BCUT2D eigenvalue weighted by Gasteiger charge is 2.34. The van der Waals surface area contributed by atoms with E-state index >= 15 is 0 Å². The van der Waals surface area contributed by atoms with Crippen molar-refractivity contribution in [3.63, 3.8) is 0 Å². The zero-order chi connectivity index (χ0) is 21.5. The Hall–Kier alpha value is -2.13. The monoisotopic (exact) mass is 407 g/mol. The fraction of sp³-hybridized carbons (Fsp3) is 0.519. The van der Waals surface area contributed by atoms with Gasteiger partial charge in [-0.05, 0) is 86.4 Å². The van der Waals surface area contributed by atoms with Crippen molar-refractivity contribution in [2.24, 2.45) is 11.8 Å². The molecule has 0 bridgehead atoms. The summed E-state index contributed by atoms with van der Waals surface area (Å²) in [6, 6.07) is 4.25. The van der Waals surface area contributed by atoms with Gasteiger partial charge in [-0.15, -0.1) is 0 Å². The number of hydrogen-bond donors (Lipinski definition) is 0. The first-order valence-corrected chi connectivity index (χ1v) is 11.5. The quantitative estimate of drug-likeness (QED) is 0.460. The van der Waals surface area contributed by atoms with E-state index in [9.17, 15) is 4.79 Å². The lowest BCUT2D eigenvalue weighted by Gasteiger charge is -2.33. The molecule has 1 fully saturated rings. The van der Waals surface area contributed by atoms with E-state index in [2.05, 4.69) is 37.1 Å². The lowest BCUT2D eigenvalue weighted by atomic mass is 9.85. The van der Waals surface area contributed by atoms with Crippen LogP contribution in [0.5, 0.6) is 5.75 Å². The Morgan fingerprint density at radius 3 is 2.73 bits per heavy atom. The number of carbonyl (C=O) groups is 1. The number of hydrogen-bond acceptors (Lipinski definition) is 3. The molecule has 0 aromatic heterocycles. The number of nitrogens with zero attached hydrogens (tertiary/aromatic N) is 1. The second-order valence-corrected chi connectivity index (χ2v) is 8.90. The molecule has 162 valence electrons. The molecule has 0 saturated carbocycles. The number of ether oxygens (including phenoxy) is 1. The van der Waals surface area contributed by atoms with E-state index in [1.165, 1.54) is 24.0 Å². The highest BCUT2D eigenvalue weighted by Crippen LogP contribution is 2.37. The van der Waals surface area contributed by atoms with Crippen LogP contribution >= 0.6 is 0 Å². The first kappa shape index (κ1) is 22.6. The fourth-order valence-corrected chi connectivity index (χ4v) is 4.91. The summed E-state index contributed by atoms with van der Waals surface area (Å²) in [5, 5.41) is 0. The molecule has 1 atom stereocenters. The van der Waals surface area contributed by atoms with Crippen LogP contribution < -0.4 is 4.74 Å².